The van der Waals surface area contributed by atoms with Crippen LogP contribution in [-0.4, -0.2) is 29.9 Å². The number of hydrogen-bond acceptors (Lipinski definition) is 2. The number of hydrogen-bond donors (Lipinski definition) is 1. The van der Waals surface area contributed by atoms with Gasteiger partial charge in [-0.15, -0.1) is 0 Å². The third-order valence-corrected chi connectivity index (χ3v) is 4.41. The highest BCUT2D eigenvalue weighted by Crippen LogP contribution is 2.22. The van der Waals surface area contributed by atoms with E-state index in [2.05, 4.69) is 48.3 Å². The smallest absolute Gasteiger partial charge is 0.222 e. The van der Waals surface area contributed by atoms with Crippen molar-refractivity contribution in [3.63, 3.8) is 0 Å². The maximum absolute atomic E-state index is 11.8. The molecule has 2 rings (SSSR count). The van der Waals surface area contributed by atoms with Crippen LogP contribution in [0.15, 0.2) is 24.3 Å². The monoisotopic (exact) mass is 288 g/mol. The first kappa shape index (κ1) is 16.0. The third-order valence-electron chi connectivity index (χ3n) is 4.41. The van der Waals surface area contributed by atoms with E-state index in [1.807, 2.05) is 13.8 Å². The summed E-state index contributed by atoms with van der Waals surface area (Å²) in [6.07, 6.45) is 1.11. The Hall–Kier alpha value is -1.35. The van der Waals surface area contributed by atoms with Gasteiger partial charge in [-0.3, -0.25) is 9.69 Å². The number of nitrogens with zero attached hydrogens (tertiary/aromatic N) is 1. The molecule has 1 atom stereocenters. The van der Waals surface area contributed by atoms with Crippen molar-refractivity contribution in [2.24, 2.45) is 11.8 Å². The van der Waals surface area contributed by atoms with Gasteiger partial charge in [0.15, 0.2) is 0 Å². The number of carbonyl (C=O) groups excluding carboxylic acids is 1. The predicted molar refractivity (Wildman–Crippen MR) is 87.0 cm³/mol. The number of amides is 1. The zero-order valence-electron chi connectivity index (χ0n) is 13.7. The highest BCUT2D eigenvalue weighted by Gasteiger charge is 2.26. The van der Waals surface area contributed by atoms with Crippen LogP contribution in [0.25, 0.3) is 0 Å². The van der Waals surface area contributed by atoms with Crippen LogP contribution in [0.4, 0.5) is 0 Å². The quantitative estimate of drug-likeness (QED) is 0.903. The van der Waals surface area contributed by atoms with Gasteiger partial charge in [0.05, 0.1) is 0 Å². The summed E-state index contributed by atoms with van der Waals surface area (Å²) in [6.45, 7) is 11.2. The van der Waals surface area contributed by atoms with Crippen molar-refractivity contribution < 1.29 is 4.79 Å². The Morgan fingerprint density at radius 2 is 1.86 bits per heavy atom. The van der Waals surface area contributed by atoms with E-state index in [1.165, 1.54) is 11.1 Å². The summed E-state index contributed by atoms with van der Waals surface area (Å²) in [5.74, 6) is 0.737. The first-order valence-electron chi connectivity index (χ1n) is 8.07. The normalized spacial score (nSPS) is 16.9. The molecule has 0 fully saturated rings. The van der Waals surface area contributed by atoms with E-state index in [4.69, 9.17) is 0 Å². The summed E-state index contributed by atoms with van der Waals surface area (Å²) in [7, 11) is 0. The van der Waals surface area contributed by atoms with E-state index in [0.29, 0.717) is 12.0 Å². The van der Waals surface area contributed by atoms with Gasteiger partial charge < -0.3 is 5.32 Å². The molecule has 1 N–H and O–H groups in total. The molecular weight excluding hydrogens is 260 g/mol. The van der Waals surface area contributed by atoms with Crippen LogP contribution in [0.3, 0.4) is 0 Å². The molecule has 1 amide bonds. The minimum absolute atomic E-state index is 0.0555. The molecule has 21 heavy (non-hydrogen) atoms. The van der Waals surface area contributed by atoms with E-state index in [1.54, 1.807) is 0 Å². The van der Waals surface area contributed by atoms with E-state index >= 15 is 0 Å². The topological polar surface area (TPSA) is 32.3 Å². The Labute approximate surface area is 128 Å². The molecular formula is C18H28N2O. The number of nitrogens with one attached hydrogen (secondary N) is 1. The first-order valence-corrected chi connectivity index (χ1v) is 8.07. The summed E-state index contributed by atoms with van der Waals surface area (Å²) in [5, 5.41) is 3.10. The Morgan fingerprint density at radius 3 is 2.48 bits per heavy atom. The first-order chi connectivity index (χ1) is 9.99. The van der Waals surface area contributed by atoms with E-state index < -0.39 is 0 Å². The molecule has 1 aromatic carbocycles. The second-order valence-electron chi connectivity index (χ2n) is 6.70. The maximum Gasteiger partial charge on any atom is 0.222 e. The average Bonchev–Trinajstić information content (AvgIpc) is 2.46. The van der Waals surface area contributed by atoms with Crippen LogP contribution in [0, 0.1) is 11.8 Å². The lowest BCUT2D eigenvalue weighted by atomic mass is 9.95. The molecule has 1 aromatic rings. The van der Waals surface area contributed by atoms with Crippen molar-refractivity contribution in [1.82, 2.24) is 10.2 Å². The highest BCUT2D eigenvalue weighted by molar-refractivity contribution is 5.77. The molecule has 0 spiro atoms. The van der Waals surface area contributed by atoms with Crippen molar-refractivity contribution in [1.29, 1.82) is 0 Å². The Bertz CT molecular complexity index is 482. The van der Waals surface area contributed by atoms with Crippen molar-refractivity contribution in [3.05, 3.63) is 35.4 Å². The van der Waals surface area contributed by atoms with Gasteiger partial charge in [0.25, 0.3) is 0 Å². The molecule has 1 aliphatic heterocycles. The summed E-state index contributed by atoms with van der Waals surface area (Å²) < 4.78 is 0. The Balaban J connectivity index is 2.01. The standard InChI is InChI=1S/C18H28N2O/c1-13(2)17(11-19-18(21)14(3)4)20-10-9-15-7-5-6-8-16(15)12-20/h5-8,13-14,17H,9-12H2,1-4H3,(H,19,21). The minimum Gasteiger partial charge on any atom is -0.354 e. The molecule has 3 nitrogen and oxygen atoms in total. The zero-order valence-corrected chi connectivity index (χ0v) is 13.7. The van der Waals surface area contributed by atoms with Gasteiger partial charge in [-0.25, -0.2) is 0 Å². The van der Waals surface area contributed by atoms with Crippen molar-refractivity contribution >= 4 is 5.91 Å². The molecule has 0 saturated heterocycles. The SMILES string of the molecule is CC(C)C(=O)NCC(C(C)C)N1CCc2ccccc2C1. The fourth-order valence-electron chi connectivity index (χ4n) is 3.00. The lowest BCUT2D eigenvalue weighted by molar-refractivity contribution is -0.124. The number of fused-ring (bicyclic) bond motifs is 1. The lowest BCUT2D eigenvalue weighted by Gasteiger charge is -2.38. The van der Waals surface area contributed by atoms with Crippen LogP contribution in [0.2, 0.25) is 0 Å². The summed E-state index contributed by atoms with van der Waals surface area (Å²) in [4.78, 5) is 14.3. The number of benzene rings is 1. The second kappa shape index (κ2) is 7.08. The molecule has 1 aliphatic rings. The largest absolute Gasteiger partial charge is 0.354 e. The number of carbonyl (C=O) groups is 1. The molecule has 3 heteroatoms. The highest BCUT2D eigenvalue weighted by atomic mass is 16.1. The molecule has 1 heterocycles. The van der Waals surface area contributed by atoms with Gasteiger partial charge in [0.1, 0.15) is 0 Å². The molecule has 1 unspecified atom stereocenters. The summed E-state index contributed by atoms with van der Waals surface area (Å²) in [6, 6.07) is 9.11. The second-order valence-corrected chi connectivity index (χ2v) is 6.70. The van der Waals surface area contributed by atoms with Crippen LogP contribution in [0.1, 0.15) is 38.8 Å². The van der Waals surface area contributed by atoms with Gasteiger partial charge in [0, 0.05) is 31.6 Å². The predicted octanol–water partition coefficient (Wildman–Crippen LogP) is 2.84. The fraction of sp³-hybridized carbons (Fsp3) is 0.611. The van der Waals surface area contributed by atoms with Gasteiger partial charge >= 0.3 is 0 Å². The fourth-order valence-corrected chi connectivity index (χ4v) is 3.00. The maximum atomic E-state index is 11.8. The lowest BCUT2D eigenvalue weighted by Crippen LogP contribution is -2.49. The van der Waals surface area contributed by atoms with Crippen LogP contribution >= 0.6 is 0 Å². The van der Waals surface area contributed by atoms with E-state index in [-0.39, 0.29) is 11.8 Å². The van der Waals surface area contributed by atoms with Crippen molar-refractivity contribution in [2.75, 3.05) is 13.1 Å². The van der Waals surface area contributed by atoms with Crippen LogP contribution in [0.5, 0.6) is 0 Å². The van der Waals surface area contributed by atoms with Crippen molar-refractivity contribution in [3.8, 4) is 0 Å². The van der Waals surface area contributed by atoms with Gasteiger partial charge in [-0.1, -0.05) is 52.0 Å². The average molecular weight is 288 g/mol. The van der Waals surface area contributed by atoms with E-state index in [0.717, 1.165) is 26.1 Å². The van der Waals surface area contributed by atoms with Gasteiger partial charge in [-0.05, 0) is 23.5 Å². The van der Waals surface area contributed by atoms with E-state index in [9.17, 15) is 4.79 Å². The molecule has 0 radical (unpaired) electrons. The molecule has 0 aromatic heterocycles. The van der Waals surface area contributed by atoms with Crippen molar-refractivity contribution in [2.45, 2.75) is 46.7 Å². The Kier molecular flexibility index (Phi) is 5.40. The zero-order chi connectivity index (χ0) is 15.4. The molecule has 0 aliphatic carbocycles. The van der Waals surface area contributed by atoms with Gasteiger partial charge in [-0.2, -0.15) is 0 Å². The Morgan fingerprint density at radius 1 is 1.19 bits per heavy atom. The molecule has 0 bridgehead atoms. The van der Waals surface area contributed by atoms with Crippen LogP contribution in [-0.2, 0) is 17.8 Å². The molecule has 116 valence electrons. The minimum atomic E-state index is 0.0555. The third kappa shape index (κ3) is 4.07. The summed E-state index contributed by atoms with van der Waals surface area (Å²) in [5.41, 5.74) is 2.91. The summed E-state index contributed by atoms with van der Waals surface area (Å²) >= 11 is 0. The number of rotatable bonds is 5. The van der Waals surface area contributed by atoms with Crippen LogP contribution < -0.4 is 5.32 Å². The van der Waals surface area contributed by atoms with Gasteiger partial charge in [0.2, 0.25) is 5.91 Å². The molecule has 0 saturated carbocycles.